The second-order valence-corrected chi connectivity index (χ2v) is 6.20. The number of hydrogen-bond acceptors (Lipinski definition) is 4. The van der Waals surface area contributed by atoms with Crippen molar-refractivity contribution in [2.24, 2.45) is 0 Å². The summed E-state index contributed by atoms with van der Waals surface area (Å²) < 4.78 is 0. The lowest BCUT2D eigenvalue weighted by Gasteiger charge is -2.21. The van der Waals surface area contributed by atoms with E-state index in [-0.39, 0.29) is 5.91 Å². The Balaban J connectivity index is 1.82. The molecule has 0 spiro atoms. The molecule has 2 aromatic heterocycles. The predicted molar refractivity (Wildman–Crippen MR) is 75.9 cm³/mol. The zero-order chi connectivity index (χ0) is 12.5. The highest BCUT2D eigenvalue weighted by Gasteiger charge is 2.34. The summed E-state index contributed by atoms with van der Waals surface area (Å²) in [6.45, 7) is 0.699. The standard InChI is InChI=1S/C13H14N2OS2/c14-11-4-6-18-12(11)13(16)15(10-1-2-10)7-9-3-5-17-8-9/h3-6,8,10H,1-2,7,14H2. The first-order valence-corrected chi connectivity index (χ1v) is 7.73. The number of amides is 1. The van der Waals surface area contributed by atoms with Gasteiger partial charge in [0.2, 0.25) is 0 Å². The van der Waals surface area contributed by atoms with Gasteiger partial charge in [-0.25, -0.2) is 0 Å². The zero-order valence-electron chi connectivity index (χ0n) is 9.83. The number of thiophene rings is 2. The number of nitrogen functional groups attached to an aromatic ring is 1. The Labute approximate surface area is 114 Å². The summed E-state index contributed by atoms with van der Waals surface area (Å²) in [5.41, 5.74) is 7.64. The maximum Gasteiger partial charge on any atom is 0.266 e. The molecule has 1 aliphatic carbocycles. The van der Waals surface area contributed by atoms with E-state index in [2.05, 4.69) is 11.4 Å². The molecule has 0 aromatic carbocycles. The Kier molecular flexibility index (Phi) is 3.09. The van der Waals surface area contributed by atoms with Gasteiger partial charge in [-0.05, 0) is 46.7 Å². The van der Waals surface area contributed by atoms with Gasteiger partial charge in [0.25, 0.3) is 5.91 Å². The van der Waals surface area contributed by atoms with Gasteiger partial charge in [-0.15, -0.1) is 11.3 Å². The van der Waals surface area contributed by atoms with E-state index in [1.807, 2.05) is 15.7 Å². The predicted octanol–water partition coefficient (Wildman–Crippen LogP) is 3.20. The van der Waals surface area contributed by atoms with E-state index in [1.54, 1.807) is 17.4 Å². The lowest BCUT2D eigenvalue weighted by molar-refractivity contribution is 0.0736. The smallest absolute Gasteiger partial charge is 0.266 e. The Bertz CT molecular complexity index is 543. The molecular formula is C13H14N2OS2. The molecule has 2 N–H and O–H groups in total. The number of carbonyl (C=O) groups is 1. The molecule has 1 amide bonds. The molecule has 18 heavy (non-hydrogen) atoms. The first-order chi connectivity index (χ1) is 8.75. The van der Waals surface area contributed by atoms with Gasteiger partial charge in [0, 0.05) is 12.6 Å². The third kappa shape index (κ3) is 2.28. The Morgan fingerprint density at radius 3 is 2.78 bits per heavy atom. The third-order valence-corrected chi connectivity index (χ3v) is 4.72. The molecular weight excluding hydrogens is 264 g/mol. The van der Waals surface area contributed by atoms with Gasteiger partial charge < -0.3 is 10.6 Å². The first-order valence-electron chi connectivity index (χ1n) is 5.90. The van der Waals surface area contributed by atoms with Crippen molar-refractivity contribution >= 4 is 34.3 Å². The van der Waals surface area contributed by atoms with Gasteiger partial charge in [0.1, 0.15) is 4.88 Å². The van der Waals surface area contributed by atoms with Crippen molar-refractivity contribution < 1.29 is 4.79 Å². The summed E-state index contributed by atoms with van der Waals surface area (Å²) in [5, 5.41) is 6.02. The third-order valence-electron chi connectivity index (χ3n) is 3.07. The van der Waals surface area contributed by atoms with Crippen molar-refractivity contribution in [1.82, 2.24) is 4.90 Å². The number of nitrogens with zero attached hydrogens (tertiary/aromatic N) is 1. The number of hydrogen-bond donors (Lipinski definition) is 1. The molecule has 1 fully saturated rings. The Morgan fingerprint density at radius 1 is 1.39 bits per heavy atom. The molecule has 0 atom stereocenters. The number of anilines is 1. The fraction of sp³-hybridized carbons (Fsp3) is 0.308. The van der Waals surface area contributed by atoms with Gasteiger partial charge in [0.15, 0.2) is 0 Å². The van der Waals surface area contributed by atoms with Crippen LogP contribution in [0.3, 0.4) is 0 Å². The van der Waals surface area contributed by atoms with E-state index < -0.39 is 0 Å². The molecule has 94 valence electrons. The van der Waals surface area contributed by atoms with Gasteiger partial charge in [-0.2, -0.15) is 11.3 Å². The van der Waals surface area contributed by atoms with Crippen molar-refractivity contribution in [3.05, 3.63) is 38.7 Å². The molecule has 5 heteroatoms. The quantitative estimate of drug-likeness (QED) is 0.933. The number of carbonyl (C=O) groups excluding carboxylic acids is 1. The molecule has 0 aliphatic heterocycles. The highest BCUT2D eigenvalue weighted by Crippen LogP contribution is 2.32. The van der Waals surface area contributed by atoms with Gasteiger partial charge in [0.05, 0.1) is 5.69 Å². The summed E-state index contributed by atoms with van der Waals surface area (Å²) >= 11 is 3.10. The van der Waals surface area contributed by atoms with Crippen molar-refractivity contribution in [3.63, 3.8) is 0 Å². The Hall–Kier alpha value is -1.33. The van der Waals surface area contributed by atoms with Crippen LogP contribution in [0.25, 0.3) is 0 Å². The van der Waals surface area contributed by atoms with Crippen LogP contribution < -0.4 is 5.73 Å². The highest BCUT2D eigenvalue weighted by molar-refractivity contribution is 7.12. The summed E-state index contributed by atoms with van der Waals surface area (Å²) in [4.78, 5) is 15.1. The summed E-state index contributed by atoms with van der Waals surface area (Å²) in [7, 11) is 0. The Morgan fingerprint density at radius 2 is 2.22 bits per heavy atom. The fourth-order valence-electron chi connectivity index (χ4n) is 1.96. The molecule has 2 heterocycles. The SMILES string of the molecule is Nc1ccsc1C(=O)N(Cc1ccsc1)C1CC1. The maximum atomic E-state index is 12.5. The van der Waals surface area contributed by atoms with Crippen LogP contribution in [0.2, 0.25) is 0 Å². The monoisotopic (exact) mass is 278 g/mol. The van der Waals surface area contributed by atoms with Crippen molar-refractivity contribution in [2.75, 3.05) is 5.73 Å². The first kappa shape index (κ1) is 11.7. The van der Waals surface area contributed by atoms with Crippen LogP contribution in [-0.4, -0.2) is 16.8 Å². The van der Waals surface area contributed by atoms with E-state index in [1.165, 1.54) is 16.9 Å². The molecule has 0 bridgehead atoms. The molecule has 0 unspecified atom stereocenters. The second kappa shape index (κ2) is 4.74. The van der Waals surface area contributed by atoms with Crippen LogP contribution in [0.4, 0.5) is 5.69 Å². The molecule has 1 saturated carbocycles. The van der Waals surface area contributed by atoms with Crippen LogP contribution in [0.15, 0.2) is 28.3 Å². The van der Waals surface area contributed by atoms with E-state index >= 15 is 0 Å². The molecule has 1 aliphatic rings. The second-order valence-electron chi connectivity index (χ2n) is 4.50. The van der Waals surface area contributed by atoms with Crippen LogP contribution in [0.5, 0.6) is 0 Å². The van der Waals surface area contributed by atoms with Crippen LogP contribution in [0.1, 0.15) is 28.1 Å². The van der Waals surface area contributed by atoms with E-state index in [4.69, 9.17) is 5.73 Å². The number of nitrogens with two attached hydrogens (primary N) is 1. The minimum Gasteiger partial charge on any atom is -0.397 e. The van der Waals surface area contributed by atoms with Gasteiger partial charge in [-0.1, -0.05) is 0 Å². The van der Waals surface area contributed by atoms with Crippen LogP contribution >= 0.6 is 22.7 Å². The topological polar surface area (TPSA) is 46.3 Å². The summed E-state index contributed by atoms with van der Waals surface area (Å²) in [5.74, 6) is 0.0798. The van der Waals surface area contributed by atoms with Crippen molar-refractivity contribution in [1.29, 1.82) is 0 Å². The van der Waals surface area contributed by atoms with Crippen molar-refractivity contribution in [3.8, 4) is 0 Å². The average molecular weight is 278 g/mol. The molecule has 2 aromatic rings. The largest absolute Gasteiger partial charge is 0.397 e. The molecule has 3 nitrogen and oxygen atoms in total. The van der Waals surface area contributed by atoms with E-state index in [9.17, 15) is 4.79 Å². The van der Waals surface area contributed by atoms with Crippen LogP contribution in [-0.2, 0) is 6.54 Å². The molecule has 0 saturated heterocycles. The van der Waals surface area contributed by atoms with Gasteiger partial charge in [-0.3, -0.25) is 4.79 Å². The maximum absolute atomic E-state index is 12.5. The summed E-state index contributed by atoms with van der Waals surface area (Å²) in [6, 6.07) is 4.28. The van der Waals surface area contributed by atoms with E-state index in [0.717, 1.165) is 12.8 Å². The zero-order valence-corrected chi connectivity index (χ0v) is 11.5. The minimum atomic E-state index is 0.0798. The average Bonchev–Trinajstić information content (AvgIpc) is 2.89. The normalized spacial score (nSPS) is 14.7. The molecule has 0 radical (unpaired) electrons. The minimum absolute atomic E-state index is 0.0798. The van der Waals surface area contributed by atoms with Crippen LogP contribution in [0, 0.1) is 0 Å². The van der Waals surface area contributed by atoms with Gasteiger partial charge >= 0.3 is 0 Å². The number of rotatable bonds is 4. The summed E-state index contributed by atoms with van der Waals surface area (Å²) in [6.07, 6.45) is 2.22. The molecule has 3 rings (SSSR count). The lowest BCUT2D eigenvalue weighted by Crippen LogP contribution is -2.32. The fourth-order valence-corrected chi connectivity index (χ4v) is 3.39. The lowest BCUT2D eigenvalue weighted by atomic mass is 10.2. The highest BCUT2D eigenvalue weighted by atomic mass is 32.1. The van der Waals surface area contributed by atoms with Crippen molar-refractivity contribution in [2.45, 2.75) is 25.4 Å². The van der Waals surface area contributed by atoms with E-state index in [0.29, 0.717) is 23.2 Å².